The summed E-state index contributed by atoms with van der Waals surface area (Å²) in [6, 6.07) is -0.785. The Morgan fingerprint density at radius 1 is 1.22 bits per heavy atom. The highest BCUT2D eigenvalue weighted by molar-refractivity contribution is 5.83. The van der Waals surface area contributed by atoms with Crippen molar-refractivity contribution in [3.8, 4) is 0 Å². The number of aliphatic carboxylic acids is 1. The second-order valence-electron chi connectivity index (χ2n) is 6.01. The fourth-order valence-corrected chi connectivity index (χ4v) is 1.51. The van der Waals surface area contributed by atoms with Crippen LogP contribution >= 0.6 is 0 Å². The van der Waals surface area contributed by atoms with E-state index in [1.165, 1.54) is 0 Å². The van der Waals surface area contributed by atoms with E-state index in [1.807, 2.05) is 34.6 Å². The molecule has 0 aromatic heterocycles. The van der Waals surface area contributed by atoms with Gasteiger partial charge in [-0.1, -0.05) is 13.8 Å². The molecule has 5 heteroatoms. The molecule has 0 aromatic carbocycles. The average molecular weight is 258 g/mol. The first-order valence-electron chi connectivity index (χ1n) is 6.39. The second kappa shape index (κ2) is 7.36. The summed E-state index contributed by atoms with van der Waals surface area (Å²) in [5.74, 6) is -0.959. The van der Waals surface area contributed by atoms with Gasteiger partial charge in [0.05, 0.1) is 0 Å². The number of nitrogens with one attached hydrogen (secondary N) is 2. The van der Waals surface area contributed by atoms with E-state index < -0.39 is 12.0 Å². The van der Waals surface area contributed by atoms with Crippen molar-refractivity contribution < 1.29 is 14.7 Å². The summed E-state index contributed by atoms with van der Waals surface area (Å²) >= 11 is 0. The monoisotopic (exact) mass is 258 g/mol. The van der Waals surface area contributed by atoms with Crippen LogP contribution in [0.5, 0.6) is 0 Å². The van der Waals surface area contributed by atoms with Crippen LogP contribution in [-0.4, -0.2) is 35.1 Å². The van der Waals surface area contributed by atoms with E-state index in [1.54, 1.807) is 0 Å². The van der Waals surface area contributed by atoms with Crippen molar-refractivity contribution in [3.63, 3.8) is 0 Å². The first kappa shape index (κ1) is 16.9. The van der Waals surface area contributed by atoms with E-state index in [9.17, 15) is 9.59 Å². The van der Waals surface area contributed by atoms with E-state index in [0.29, 0.717) is 19.4 Å². The fraction of sp³-hybridized carbons (Fsp3) is 0.846. The molecule has 0 aromatic rings. The van der Waals surface area contributed by atoms with Crippen LogP contribution in [0.2, 0.25) is 0 Å². The van der Waals surface area contributed by atoms with E-state index in [0.717, 1.165) is 0 Å². The van der Waals surface area contributed by atoms with Gasteiger partial charge in [0.15, 0.2) is 0 Å². The predicted octanol–water partition coefficient (Wildman–Crippen LogP) is 1.38. The van der Waals surface area contributed by atoms with E-state index in [4.69, 9.17) is 5.11 Å². The summed E-state index contributed by atoms with van der Waals surface area (Å²) in [6.45, 7) is 10.5. The Bertz CT molecular complexity index is 282. The SMILES string of the molecule is CC(C)CC(NC(=O)CCNC(C)(C)C)C(=O)O. The summed E-state index contributed by atoms with van der Waals surface area (Å²) in [7, 11) is 0. The van der Waals surface area contributed by atoms with Crippen LogP contribution in [0.15, 0.2) is 0 Å². The number of hydrogen-bond acceptors (Lipinski definition) is 3. The maximum atomic E-state index is 11.6. The summed E-state index contributed by atoms with van der Waals surface area (Å²) < 4.78 is 0. The average Bonchev–Trinajstić information content (AvgIpc) is 2.13. The van der Waals surface area contributed by atoms with Crippen LogP contribution < -0.4 is 10.6 Å². The normalized spacial score (nSPS) is 13.4. The first-order chi connectivity index (χ1) is 8.11. The molecule has 0 saturated heterocycles. The van der Waals surface area contributed by atoms with Crippen LogP contribution in [0, 0.1) is 5.92 Å². The minimum Gasteiger partial charge on any atom is -0.480 e. The molecule has 0 spiro atoms. The Hall–Kier alpha value is -1.10. The molecule has 3 N–H and O–H groups in total. The zero-order valence-corrected chi connectivity index (χ0v) is 12.0. The topological polar surface area (TPSA) is 78.4 Å². The highest BCUT2D eigenvalue weighted by atomic mass is 16.4. The lowest BCUT2D eigenvalue weighted by atomic mass is 10.0. The standard InChI is InChI=1S/C13H26N2O3/c1-9(2)8-10(12(17)18)15-11(16)6-7-14-13(3,4)5/h9-10,14H,6-8H2,1-5H3,(H,15,16)(H,17,18). The van der Waals surface area contributed by atoms with Crippen molar-refractivity contribution in [2.24, 2.45) is 5.92 Å². The van der Waals surface area contributed by atoms with Gasteiger partial charge in [0.25, 0.3) is 0 Å². The number of rotatable bonds is 7. The molecule has 106 valence electrons. The minimum absolute atomic E-state index is 0.0373. The molecule has 0 fully saturated rings. The van der Waals surface area contributed by atoms with Gasteiger partial charge in [0, 0.05) is 18.5 Å². The maximum absolute atomic E-state index is 11.6. The van der Waals surface area contributed by atoms with Crippen molar-refractivity contribution >= 4 is 11.9 Å². The minimum atomic E-state index is -0.971. The molecule has 18 heavy (non-hydrogen) atoms. The molecule has 0 rings (SSSR count). The van der Waals surface area contributed by atoms with Gasteiger partial charge in [-0.3, -0.25) is 4.79 Å². The molecular formula is C13H26N2O3. The smallest absolute Gasteiger partial charge is 0.326 e. The zero-order chi connectivity index (χ0) is 14.3. The van der Waals surface area contributed by atoms with Crippen LogP contribution in [0.25, 0.3) is 0 Å². The molecule has 5 nitrogen and oxygen atoms in total. The van der Waals surface area contributed by atoms with Crippen molar-refractivity contribution in [2.45, 2.75) is 59.0 Å². The van der Waals surface area contributed by atoms with Gasteiger partial charge < -0.3 is 15.7 Å². The van der Waals surface area contributed by atoms with Crippen molar-refractivity contribution in [1.82, 2.24) is 10.6 Å². The van der Waals surface area contributed by atoms with Gasteiger partial charge in [-0.2, -0.15) is 0 Å². The molecule has 0 aliphatic carbocycles. The zero-order valence-electron chi connectivity index (χ0n) is 12.0. The quantitative estimate of drug-likeness (QED) is 0.644. The third-order valence-electron chi connectivity index (χ3n) is 2.35. The third-order valence-corrected chi connectivity index (χ3v) is 2.35. The summed E-state index contributed by atoms with van der Waals surface area (Å²) in [5.41, 5.74) is -0.0373. The third kappa shape index (κ3) is 8.98. The second-order valence-corrected chi connectivity index (χ2v) is 6.01. The van der Waals surface area contributed by atoms with Crippen molar-refractivity contribution in [3.05, 3.63) is 0 Å². The number of carboxylic acids is 1. The first-order valence-corrected chi connectivity index (χ1v) is 6.39. The predicted molar refractivity (Wildman–Crippen MR) is 71.4 cm³/mol. The molecule has 0 aliphatic heterocycles. The number of hydrogen-bond donors (Lipinski definition) is 3. The lowest BCUT2D eigenvalue weighted by molar-refractivity contribution is -0.142. The number of carboxylic acid groups (broad SMARTS) is 1. The molecule has 0 radical (unpaired) electrons. The molecule has 1 amide bonds. The van der Waals surface area contributed by atoms with E-state index in [2.05, 4.69) is 10.6 Å². The van der Waals surface area contributed by atoms with E-state index >= 15 is 0 Å². The van der Waals surface area contributed by atoms with Gasteiger partial charge in [-0.25, -0.2) is 4.79 Å². The van der Waals surface area contributed by atoms with Crippen LogP contribution in [-0.2, 0) is 9.59 Å². The molecular weight excluding hydrogens is 232 g/mol. The molecule has 0 saturated carbocycles. The van der Waals surface area contributed by atoms with Crippen LogP contribution in [0.3, 0.4) is 0 Å². The molecule has 0 bridgehead atoms. The van der Waals surface area contributed by atoms with Gasteiger partial charge in [0.2, 0.25) is 5.91 Å². The largest absolute Gasteiger partial charge is 0.480 e. The Morgan fingerprint density at radius 3 is 2.17 bits per heavy atom. The highest BCUT2D eigenvalue weighted by Crippen LogP contribution is 2.05. The molecule has 0 aliphatic rings. The van der Waals surface area contributed by atoms with Gasteiger partial charge in [0.1, 0.15) is 6.04 Å². The Kier molecular flexibility index (Phi) is 6.91. The lowest BCUT2D eigenvalue weighted by Crippen LogP contribution is -2.44. The number of carbonyl (C=O) groups is 2. The number of carbonyl (C=O) groups excluding carboxylic acids is 1. The summed E-state index contributed by atoms with van der Waals surface area (Å²) in [5, 5.41) is 14.7. The molecule has 0 heterocycles. The highest BCUT2D eigenvalue weighted by Gasteiger charge is 2.20. The van der Waals surface area contributed by atoms with Crippen LogP contribution in [0.4, 0.5) is 0 Å². The Labute approximate surface area is 109 Å². The van der Waals surface area contributed by atoms with Crippen molar-refractivity contribution in [2.75, 3.05) is 6.54 Å². The van der Waals surface area contributed by atoms with Gasteiger partial charge in [-0.15, -0.1) is 0 Å². The van der Waals surface area contributed by atoms with Gasteiger partial charge >= 0.3 is 5.97 Å². The van der Waals surface area contributed by atoms with Crippen molar-refractivity contribution in [1.29, 1.82) is 0 Å². The summed E-state index contributed by atoms with van der Waals surface area (Å²) in [6.07, 6.45) is 0.743. The fourth-order valence-electron chi connectivity index (χ4n) is 1.51. The van der Waals surface area contributed by atoms with Gasteiger partial charge in [-0.05, 0) is 33.1 Å². The Balaban J connectivity index is 4.07. The van der Waals surface area contributed by atoms with Crippen LogP contribution in [0.1, 0.15) is 47.5 Å². The lowest BCUT2D eigenvalue weighted by Gasteiger charge is -2.21. The summed E-state index contributed by atoms with van der Waals surface area (Å²) in [4.78, 5) is 22.6. The molecule has 1 atom stereocenters. The van der Waals surface area contributed by atoms with E-state index in [-0.39, 0.29) is 17.4 Å². The Morgan fingerprint density at radius 2 is 1.78 bits per heavy atom. The molecule has 1 unspecified atom stereocenters. The maximum Gasteiger partial charge on any atom is 0.326 e. The number of amides is 1.